The first kappa shape index (κ1) is 15.6. The van der Waals surface area contributed by atoms with E-state index in [1.54, 1.807) is 11.3 Å². The number of aromatic nitrogens is 2. The van der Waals surface area contributed by atoms with Crippen LogP contribution >= 0.6 is 27.3 Å². The second kappa shape index (κ2) is 7.29. The standard InChI is InChI=1S/C15H20BrN3S/c1-4-8-17-13(5-2)15-19-18-14(20-15)11-7-6-10(3)9-12(11)16/h6-7,9,13,17H,4-5,8H2,1-3H3. The largest absolute Gasteiger partial charge is 0.308 e. The van der Waals surface area contributed by atoms with Crippen molar-refractivity contribution in [3.63, 3.8) is 0 Å². The third-order valence-corrected chi connectivity index (χ3v) is 4.87. The van der Waals surface area contributed by atoms with E-state index in [1.165, 1.54) is 5.56 Å². The Morgan fingerprint density at radius 1 is 1.30 bits per heavy atom. The molecule has 0 radical (unpaired) electrons. The van der Waals surface area contributed by atoms with Gasteiger partial charge in [-0.05, 0) is 37.9 Å². The molecule has 108 valence electrons. The van der Waals surface area contributed by atoms with Crippen LogP contribution in [-0.2, 0) is 0 Å². The van der Waals surface area contributed by atoms with Gasteiger partial charge in [0.05, 0.1) is 6.04 Å². The van der Waals surface area contributed by atoms with Gasteiger partial charge in [0.15, 0.2) is 0 Å². The van der Waals surface area contributed by atoms with Gasteiger partial charge in [-0.3, -0.25) is 0 Å². The lowest BCUT2D eigenvalue weighted by Gasteiger charge is -2.12. The molecule has 0 aliphatic carbocycles. The number of rotatable bonds is 6. The normalized spacial score (nSPS) is 12.6. The van der Waals surface area contributed by atoms with Crippen molar-refractivity contribution in [2.45, 2.75) is 39.7 Å². The summed E-state index contributed by atoms with van der Waals surface area (Å²) in [5.41, 5.74) is 2.35. The molecule has 5 heteroatoms. The van der Waals surface area contributed by atoms with Gasteiger partial charge in [0.1, 0.15) is 10.0 Å². The first-order valence-corrected chi connectivity index (χ1v) is 8.60. The van der Waals surface area contributed by atoms with Crippen molar-refractivity contribution in [1.82, 2.24) is 15.5 Å². The zero-order valence-corrected chi connectivity index (χ0v) is 14.5. The summed E-state index contributed by atoms with van der Waals surface area (Å²) in [6.07, 6.45) is 2.16. The van der Waals surface area contributed by atoms with Crippen LogP contribution in [0, 0.1) is 6.92 Å². The highest BCUT2D eigenvalue weighted by Crippen LogP contribution is 2.33. The molecule has 0 saturated carbocycles. The molecule has 2 aromatic rings. The van der Waals surface area contributed by atoms with Gasteiger partial charge in [0, 0.05) is 10.0 Å². The summed E-state index contributed by atoms with van der Waals surface area (Å²) in [6, 6.07) is 6.63. The van der Waals surface area contributed by atoms with Gasteiger partial charge in [0.25, 0.3) is 0 Å². The molecular weight excluding hydrogens is 334 g/mol. The van der Waals surface area contributed by atoms with Gasteiger partial charge in [0.2, 0.25) is 0 Å². The molecule has 1 unspecified atom stereocenters. The van der Waals surface area contributed by atoms with Gasteiger partial charge < -0.3 is 5.32 Å². The van der Waals surface area contributed by atoms with Crippen molar-refractivity contribution in [1.29, 1.82) is 0 Å². The zero-order valence-electron chi connectivity index (χ0n) is 12.1. The smallest absolute Gasteiger partial charge is 0.148 e. The van der Waals surface area contributed by atoms with E-state index in [4.69, 9.17) is 0 Å². The third kappa shape index (κ3) is 3.65. The second-order valence-corrected chi connectivity index (χ2v) is 6.71. The van der Waals surface area contributed by atoms with E-state index in [9.17, 15) is 0 Å². The average molecular weight is 354 g/mol. The number of aryl methyl sites for hydroxylation is 1. The van der Waals surface area contributed by atoms with Crippen molar-refractivity contribution in [2.24, 2.45) is 0 Å². The van der Waals surface area contributed by atoms with E-state index < -0.39 is 0 Å². The molecule has 1 N–H and O–H groups in total. The highest BCUT2D eigenvalue weighted by atomic mass is 79.9. The molecule has 1 heterocycles. The van der Waals surface area contributed by atoms with Gasteiger partial charge in [-0.1, -0.05) is 53.2 Å². The van der Waals surface area contributed by atoms with Crippen molar-refractivity contribution >= 4 is 27.3 Å². The lowest BCUT2D eigenvalue weighted by Crippen LogP contribution is -2.21. The fourth-order valence-corrected chi connectivity index (χ4v) is 3.86. The molecular formula is C15H20BrN3S. The average Bonchev–Trinajstić information content (AvgIpc) is 2.89. The number of halogens is 1. The molecule has 2 rings (SSSR count). The fourth-order valence-electron chi connectivity index (χ4n) is 2.00. The SMILES string of the molecule is CCCNC(CC)c1nnc(-c2ccc(C)cc2Br)s1. The van der Waals surface area contributed by atoms with Crippen molar-refractivity contribution < 1.29 is 0 Å². The number of hydrogen-bond donors (Lipinski definition) is 1. The Morgan fingerprint density at radius 2 is 2.10 bits per heavy atom. The maximum atomic E-state index is 4.37. The minimum Gasteiger partial charge on any atom is -0.308 e. The van der Waals surface area contributed by atoms with E-state index in [0.717, 1.165) is 39.4 Å². The van der Waals surface area contributed by atoms with Crippen LogP contribution in [0.2, 0.25) is 0 Å². The van der Waals surface area contributed by atoms with Gasteiger partial charge in [-0.25, -0.2) is 0 Å². The summed E-state index contributed by atoms with van der Waals surface area (Å²) < 4.78 is 1.08. The maximum absolute atomic E-state index is 4.37. The van der Waals surface area contributed by atoms with Crippen LogP contribution < -0.4 is 5.32 Å². The highest BCUT2D eigenvalue weighted by Gasteiger charge is 2.16. The van der Waals surface area contributed by atoms with Crippen LogP contribution in [-0.4, -0.2) is 16.7 Å². The van der Waals surface area contributed by atoms with E-state index >= 15 is 0 Å². The van der Waals surface area contributed by atoms with Crippen LogP contribution in [0.25, 0.3) is 10.6 Å². The molecule has 1 aromatic heterocycles. The number of nitrogens with one attached hydrogen (secondary N) is 1. The Hall–Kier alpha value is -0.780. The van der Waals surface area contributed by atoms with Crippen LogP contribution in [0.1, 0.15) is 43.3 Å². The highest BCUT2D eigenvalue weighted by molar-refractivity contribution is 9.10. The molecule has 0 amide bonds. The lowest BCUT2D eigenvalue weighted by atomic mass is 10.2. The topological polar surface area (TPSA) is 37.8 Å². The lowest BCUT2D eigenvalue weighted by molar-refractivity contribution is 0.513. The van der Waals surface area contributed by atoms with E-state index in [-0.39, 0.29) is 0 Å². The van der Waals surface area contributed by atoms with Gasteiger partial charge >= 0.3 is 0 Å². The van der Waals surface area contributed by atoms with Crippen LogP contribution in [0.15, 0.2) is 22.7 Å². The summed E-state index contributed by atoms with van der Waals surface area (Å²) in [6.45, 7) is 7.45. The minimum absolute atomic E-state index is 0.311. The van der Waals surface area contributed by atoms with E-state index in [1.807, 2.05) is 0 Å². The number of nitrogens with zero attached hydrogens (tertiary/aromatic N) is 2. The second-order valence-electron chi connectivity index (χ2n) is 4.84. The Balaban J connectivity index is 2.23. The van der Waals surface area contributed by atoms with Gasteiger partial charge in [-0.2, -0.15) is 0 Å². The van der Waals surface area contributed by atoms with Crippen molar-refractivity contribution in [3.8, 4) is 10.6 Å². The molecule has 0 bridgehead atoms. The molecule has 1 atom stereocenters. The maximum Gasteiger partial charge on any atom is 0.148 e. The number of hydrogen-bond acceptors (Lipinski definition) is 4. The van der Waals surface area contributed by atoms with Crippen molar-refractivity contribution in [3.05, 3.63) is 33.2 Å². The van der Waals surface area contributed by atoms with E-state index in [2.05, 4.69) is 70.4 Å². The Morgan fingerprint density at radius 3 is 2.75 bits per heavy atom. The molecule has 0 saturated heterocycles. The molecule has 0 aliphatic heterocycles. The monoisotopic (exact) mass is 353 g/mol. The summed E-state index contributed by atoms with van der Waals surface area (Å²) >= 11 is 5.29. The molecule has 0 aliphatic rings. The van der Waals surface area contributed by atoms with E-state index in [0.29, 0.717) is 6.04 Å². The summed E-state index contributed by atoms with van der Waals surface area (Å²) in [7, 11) is 0. The number of benzene rings is 1. The first-order valence-electron chi connectivity index (χ1n) is 6.99. The zero-order chi connectivity index (χ0) is 14.5. The molecule has 1 aromatic carbocycles. The predicted molar refractivity (Wildman–Crippen MR) is 89.1 cm³/mol. The quantitative estimate of drug-likeness (QED) is 0.815. The van der Waals surface area contributed by atoms with Crippen molar-refractivity contribution in [2.75, 3.05) is 6.54 Å². The Kier molecular flexibility index (Phi) is 5.69. The van der Waals surface area contributed by atoms with Crippen LogP contribution in [0.5, 0.6) is 0 Å². The van der Waals surface area contributed by atoms with Crippen LogP contribution in [0.4, 0.5) is 0 Å². The Labute approximate surface area is 133 Å². The molecule has 20 heavy (non-hydrogen) atoms. The van der Waals surface area contributed by atoms with Crippen LogP contribution in [0.3, 0.4) is 0 Å². The first-order chi connectivity index (χ1) is 9.65. The summed E-state index contributed by atoms with van der Waals surface area (Å²) in [4.78, 5) is 0. The molecule has 0 fully saturated rings. The Bertz CT molecular complexity index is 568. The third-order valence-electron chi connectivity index (χ3n) is 3.14. The van der Waals surface area contributed by atoms with Gasteiger partial charge in [-0.15, -0.1) is 10.2 Å². The molecule has 0 spiro atoms. The summed E-state index contributed by atoms with van der Waals surface area (Å²) in [5, 5.41) is 14.3. The minimum atomic E-state index is 0.311. The summed E-state index contributed by atoms with van der Waals surface area (Å²) in [5.74, 6) is 0. The molecule has 3 nitrogen and oxygen atoms in total. The fraction of sp³-hybridized carbons (Fsp3) is 0.467. The predicted octanol–water partition coefficient (Wildman–Crippen LogP) is 4.73.